The molecule has 1 fully saturated rings. The number of anilines is 2. The van der Waals surface area contributed by atoms with Gasteiger partial charge in [-0.25, -0.2) is 4.98 Å². The predicted molar refractivity (Wildman–Crippen MR) is 107 cm³/mol. The van der Waals surface area contributed by atoms with Crippen molar-refractivity contribution in [2.24, 2.45) is 5.92 Å². The Kier molecular flexibility index (Phi) is 5.11. The van der Waals surface area contributed by atoms with Crippen LogP contribution in [0.25, 0.3) is 10.9 Å². The maximum absolute atomic E-state index is 12.4. The van der Waals surface area contributed by atoms with Gasteiger partial charge in [0.15, 0.2) is 5.13 Å². The molecule has 2 amide bonds. The van der Waals surface area contributed by atoms with E-state index in [1.54, 1.807) is 6.20 Å². The van der Waals surface area contributed by atoms with Crippen molar-refractivity contribution in [3.8, 4) is 0 Å². The Morgan fingerprint density at radius 1 is 1.11 bits per heavy atom. The summed E-state index contributed by atoms with van der Waals surface area (Å²) in [6.07, 6.45) is 6.02. The number of hydrogen-bond donors (Lipinski definition) is 2. The number of rotatable bonds is 5. The second-order valence-corrected chi connectivity index (χ2v) is 7.57. The first kappa shape index (κ1) is 17.6. The van der Waals surface area contributed by atoms with Crippen molar-refractivity contribution in [3.05, 3.63) is 47.6 Å². The molecule has 1 aromatic carbocycles. The van der Waals surface area contributed by atoms with Crippen LogP contribution in [0.3, 0.4) is 0 Å². The third-order valence-corrected chi connectivity index (χ3v) is 5.58. The highest BCUT2D eigenvalue weighted by Gasteiger charge is 2.23. The van der Waals surface area contributed by atoms with Gasteiger partial charge in [0.2, 0.25) is 11.8 Å². The minimum atomic E-state index is -0.148. The summed E-state index contributed by atoms with van der Waals surface area (Å²) in [5.74, 6) is -0.00736. The van der Waals surface area contributed by atoms with E-state index in [4.69, 9.17) is 0 Å². The molecule has 1 saturated carbocycles. The number of nitrogens with one attached hydrogen (secondary N) is 2. The van der Waals surface area contributed by atoms with Crippen molar-refractivity contribution in [1.82, 2.24) is 9.97 Å². The minimum absolute atomic E-state index is 0.0427. The van der Waals surface area contributed by atoms with E-state index in [0.29, 0.717) is 10.8 Å². The molecule has 0 aliphatic heterocycles. The number of pyridine rings is 1. The van der Waals surface area contributed by atoms with Gasteiger partial charge in [0, 0.05) is 22.9 Å². The molecule has 0 atom stereocenters. The van der Waals surface area contributed by atoms with Crippen LogP contribution in [0.1, 0.15) is 31.4 Å². The smallest absolute Gasteiger partial charge is 0.230 e. The lowest BCUT2D eigenvalue weighted by Crippen LogP contribution is -2.20. The summed E-state index contributed by atoms with van der Waals surface area (Å²) in [7, 11) is 0. The number of carbonyl (C=O) groups excluding carboxylic acids is 2. The molecule has 138 valence electrons. The van der Waals surface area contributed by atoms with Crippen molar-refractivity contribution in [2.45, 2.75) is 32.1 Å². The lowest BCUT2D eigenvalue weighted by Gasteiger charge is -2.08. The fourth-order valence-corrected chi connectivity index (χ4v) is 4.13. The van der Waals surface area contributed by atoms with E-state index < -0.39 is 0 Å². The van der Waals surface area contributed by atoms with Crippen molar-refractivity contribution >= 4 is 44.9 Å². The van der Waals surface area contributed by atoms with Gasteiger partial charge >= 0.3 is 0 Å². The van der Waals surface area contributed by atoms with Crippen LogP contribution >= 0.6 is 11.3 Å². The molecule has 0 radical (unpaired) electrons. The minimum Gasteiger partial charge on any atom is -0.325 e. The summed E-state index contributed by atoms with van der Waals surface area (Å²) in [5.41, 5.74) is 2.22. The topological polar surface area (TPSA) is 84.0 Å². The maximum Gasteiger partial charge on any atom is 0.230 e. The normalized spacial score (nSPS) is 14.4. The first-order valence-corrected chi connectivity index (χ1v) is 9.96. The molecule has 2 heterocycles. The van der Waals surface area contributed by atoms with Crippen molar-refractivity contribution < 1.29 is 9.59 Å². The number of nitrogens with zero attached hydrogens (tertiary/aromatic N) is 2. The van der Waals surface area contributed by atoms with E-state index in [9.17, 15) is 9.59 Å². The Morgan fingerprint density at radius 2 is 1.96 bits per heavy atom. The molecule has 1 aliphatic carbocycles. The van der Waals surface area contributed by atoms with Gasteiger partial charge < -0.3 is 10.6 Å². The molecule has 0 bridgehead atoms. The van der Waals surface area contributed by atoms with Crippen molar-refractivity contribution in [1.29, 1.82) is 0 Å². The van der Waals surface area contributed by atoms with Gasteiger partial charge in [-0.05, 0) is 37.1 Å². The number of amides is 2. The lowest BCUT2D eigenvalue weighted by molar-refractivity contribution is -0.119. The van der Waals surface area contributed by atoms with Crippen LogP contribution in [-0.2, 0) is 16.0 Å². The Balaban J connectivity index is 1.38. The SMILES string of the molecule is O=C(Cc1csc(NC(=O)C2CCCC2)n1)Nc1cccc2ncccc12. The monoisotopic (exact) mass is 380 g/mol. The zero-order valence-corrected chi connectivity index (χ0v) is 15.6. The Morgan fingerprint density at radius 3 is 2.81 bits per heavy atom. The third kappa shape index (κ3) is 4.14. The van der Waals surface area contributed by atoms with Crippen molar-refractivity contribution in [2.75, 3.05) is 10.6 Å². The van der Waals surface area contributed by atoms with E-state index in [1.165, 1.54) is 11.3 Å². The molecule has 27 heavy (non-hydrogen) atoms. The second kappa shape index (κ2) is 7.84. The number of thiazole rings is 1. The molecule has 2 aromatic heterocycles. The van der Waals surface area contributed by atoms with Crippen LogP contribution in [-0.4, -0.2) is 21.8 Å². The average molecular weight is 380 g/mol. The summed E-state index contributed by atoms with van der Waals surface area (Å²) in [6, 6.07) is 9.40. The highest BCUT2D eigenvalue weighted by molar-refractivity contribution is 7.13. The van der Waals surface area contributed by atoms with Crippen LogP contribution < -0.4 is 10.6 Å². The molecule has 0 unspecified atom stereocenters. The number of fused-ring (bicyclic) bond motifs is 1. The summed E-state index contributed by atoms with van der Waals surface area (Å²) < 4.78 is 0. The maximum atomic E-state index is 12.4. The first-order chi connectivity index (χ1) is 13.2. The summed E-state index contributed by atoms with van der Waals surface area (Å²) in [5, 5.41) is 9.08. The second-order valence-electron chi connectivity index (χ2n) is 6.72. The molecule has 2 N–H and O–H groups in total. The molecule has 4 rings (SSSR count). The van der Waals surface area contributed by atoms with Gasteiger partial charge in [-0.3, -0.25) is 14.6 Å². The number of hydrogen-bond acceptors (Lipinski definition) is 5. The van der Waals surface area contributed by atoms with E-state index in [2.05, 4.69) is 20.6 Å². The molecular weight excluding hydrogens is 360 g/mol. The van der Waals surface area contributed by atoms with E-state index >= 15 is 0 Å². The van der Waals surface area contributed by atoms with Crippen LogP contribution in [0.4, 0.5) is 10.8 Å². The van der Waals surface area contributed by atoms with Gasteiger partial charge in [0.25, 0.3) is 0 Å². The van der Waals surface area contributed by atoms with Gasteiger partial charge in [-0.1, -0.05) is 18.9 Å². The molecule has 0 saturated heterocycles. The molecule has 1 aliphatic rings. The van der Waals surface area contributed by atoms with Gasteiger partial charge in [-0.2, -0.15) is 0 Å². The largest absolute Gasteiger partial charge is 0.325 e. The molecular formula is C20H20N4O2S. The third-order valence-electron chi connectivity index (χ3n) is 4.77. The standard InChI is InChI=1S/C20H20N4O2S/c25-18(23-17-9-3-8-16-15(17)7-4-10-21-16)11-14-12-27-20(22-14)24-19(26)13-5-1-2-6-13/h3-4,7-10,12-13H,1-2,5-6,11H2,(H,23,25)(H,22,24,26). The first-order valence-electron chi connectivity index (χ1n) is 9.08. The Labute approximate surface area is 161 Å². The fourth-order valence-electron chi connectivity index (χ4n) is 3.41. The quantitative estimate of drug-likeness (QED) is 0.701. The number of aromatic nitrogens is 2. The lowest BCUT2D eigenvalue weighted by atomic mass is 10.1. The molecule has 7 heteroatoms. The van der Waals surface area contributed by atoms with Gasteiger partial charge in [0.05, 0.1) is 23.3 Å². The summed E-state index contributed by atoms with van der Waals surface area (Å²) >= 11 is 1.35. The van der Waals surface area contributed by atoms with Crippen LogP contribution in [0.15, 0.2) is 41.9 Å². The molecule has 0 spiro atoms. The zero-order valence-electron chi connectivity index (χ0n) is 14.8. The van der Waals surface area contributed by atoms with Gasteiger partial charge in [-0.15, -0.1) is 11.3 Å². The zero-order chi connectivity index (χ0) is 18.6. The summed E-state index contributed by atoms with van der Waals surface area (Å²) in [6.45, 7) is 0. The van der Waals surface area contributed by atoms with E-state index in [-0.39, 0.29) is 24.2 Å². The number of benzene rings is 1. The summed E-state index contributed by atoms with van der Waals surface area (Å²) in [4.78, 5) is 33.3. The molecule has 3 aromatic rings. The number of carbonyl (C=O) groups is 2. The van der Waals surface area contributed by atoms with Crippen molar-refractivity contribution in [3.63, 3.8) is 0 Å². The molecule has 6 nitrogen and oxygen atoms in total. The predicted octanol–water partition coefficient (Wildman–Crippen LogP) is 4.00. The highest BCUT2D eigenvalue weighted by atomic mass is 32.1. The Bertz CT molecular complexity index is 974. The highest BCUT2D eigenvalue weighted by Crippen LogP contribution is 2.27. The average Bonchev–Trinajstić information content (AvgIpc) is 3.34. The van der Waals surface area contributed by atoms with Crippen LogP contribution in [0.5, 0.6) is 0 Å². The van der Waals surface area contributed by atoms with Gasteiger partial charge in [0.1, 0.15) is 0 Å². The van der Waals surface area contributed by atoms with E-state index in [1.807, 2.05) is 35.7 Å². The van der Waals surface area contributed by atoms with E-state index in [0.717, 1.165) is 42.3 Å². The fraction of sp³-hybridized carbons (Fsp3) is 0.300. The van der Waals surface area contributed by atoms with Crippen LogP contribution in [0, 0.1) is 5.92 Å². The Hall–Kier alpha value is -2.80. The van der Waals surface area contributed by atoms with Crippen LogP contribution in [0.2, 0.25) is 0 Å².